The molecule has 6 heteroatoms. The second-order valence-electron chi connectivity index (χ2n) is 3.97. The molecule has 0 aromatic heterocycles. The highest BCUT2D eigenvalue weighted by Crippen LogP contribution is 2.25. The molecule has 20 heavy (non-hydrogen) atoms. The molecular weight excluding hydrogens is 270 g/mol. The van der Waals surface area contributed by atoms with E-state index in [0.29, 0.717) is 19.3 Å². The summed E-state index contributed by atoms with van der Waals surface area (Å²) in [6.45, 7) is 5.49. The third-order valence-electron chi connectivity index (χ3n) is 2.46. The van der Waals surface area contributed by atoms with Crippen molar-refractivity contribution in [3.05, 3.63) is 29.3 Å². The minimum Gasteiger partial charge on any atom is -0.484 e. The summed E-state index contributed by atoms with van der Waals surface area (Å²) in [5, 5.41) is 0. The monoisotopic (exact) mass is 288 g/mol. The number of rotatable bonds is 8. The molecular formula is C14H18F2O4. The van der Waals surface area contributed by atoms with E-state index in [4.69, 9.17) is 14.2 Å². The summed E-state index contributed by atoms with van der Waals surface area (Å²) in [6, 6.07) is 1.61. The fourth-order valence-corrected chi connectivity index (χ4v) is 1.64. The lowest BCUT2D eigenvalue weighted by Gasteiger charge is -2.18. The van der Waals surface area contributed by atoms with Crippen molar-refractivity contribution in [3.63, 3.8) is 0 Å². The van der Waals surface area contributed by atoms with Crippen LogP contribution in [0.5, 0.6) is 5.75 Å². The Bertz CT molecular complexity index is 457. The fourth-order valence-electron chi connectivity index (χ4n) is 1.64. The lowest BCUT2D eigenvalue weighted by atomic mass is 10.1. The van der Waals surface area contributed by atoms with Crippen LogP contribution >= 0.6 is 0 Å². The van der Waals surface area contributed by atoms with E-state index in [0.717, 1.165) is 6.07 Å². The lowest BCUT2D eigenvalue weighted by molar-refractivity contribution is -0.152. The summed E-state index contributed by atoms with van der Waals surface area (Å²) in [5.41, 5.74) is -0.144. The van der Waals surface area contributed by atoms with Gasteiger partial charge in [-0.1, -0.05) is 0 Å². The van der Waals surface area contributed by atoms with Crippen LogP contribution in [0.3, 0.4) is 0 Å². The Morgan fingerprint density at radius 3 is 2.30 bits per heavy atom. The van der Waals surface area contributed by atoms with Crippen LogP contribution in [0.4, 0.5) is 8.78 Å². The third-order valence-corrected chi connectivity index (χ3v) is 2.46. The first-order valence-electron chi connectivity index (χ1n) is 6.35. The van der Waals surface area contributed by atoms with Gasteiger partial charge in [0.25, 0.3) is 0 Å². The predicted molar refractivity (Wildman–Crippen MR) is 68.9 cm³/mol. The van der Waals surface area contributed by atoms with Crippen LogP contribution in [0, 0.1) is 11.6 Å². The molecule has 0 aliphatic heterocycles. The molecule has 0 aliphatic carbocycles. The Kier molecular flexibility index (Phi) is 6.54. The van der Waals surface area contributed by atoms with Gasteiger partial charge in [-0.05, 0) is 26.8 Å². The number of hydrogen-bond acceptors (Lipinski definition) is 4. The highest BCUT2D eigenvalue weighted by Gasteiger charge is 2.18. The molecule has 1 aromatic rings. The van der Waals surface area contributed by atoms with E-state index in [9.17, 15) is 13.6 Å². The second-order valence-corrected chi connectivity index (χ2v) is 3.97. The number of benzene rings is 1. The number of carbonyl (C=O) groups excluding carboxylic acids is 1. The van der Waals surface area contributed by atoms with Gasteiger partial charge in [-0.3, -0.25) is 4.79 Å². The van der Waals surface area contributed by atoms with Crippen molar-refractivity contribution >= 4 is 5.78 Å². The largest absolute Gasteiger partial charge is 0.484 e. The third kappa shape index (κ3) is 4.54. The molecule has 0 bridgehead atoms. The Morgan fingerprint density at radius 2 is 1.80 bits per heavy atom. The van der Waals surface area contributed by atoms with E-state index in [1.807, 2.05) is 0 Å². The van der Waals surface area contributed by atoms with Crippen molar-refractivity contribution in [1.29, 1.82) is 0 Å². The van der Waals surface area contributed by atoms with Gasteiger partial charge >= 0.3 is 0 Å². The summed E-state index contributed by atoms with van der Waals surface area (Å²) in [5.74, 6) is -2.53. The fraction of sp³-hybridized carbons (Fsp3) is 0.500. The normalized spacial score (nSPS) is 10.9. The molecule has 0 amide bonds. The zero-order chi connectivity index (χ0) is 15.1. The smallest absolute Gasteiger partial charge is 0.191 e. The SMILES string of the molecule is CCOC(COc1c(F)cc(F)cc1C(C)=O)OCC. The molecule has 0 atom stereocenters. The maximum absolute atomic E-state index is 13.7. The van der Waals surface area contributed by atoms with Crippen LogP contribution in [-0.4, -0.2) is 31.9 Å². The highest BCUT2D eigenvalue weighted by atomic mass is 19.1. The number of hydrogen-bond donors (Lipinski definition) is 0. The van der Waals surface area contributed by atoms with Crippen molar-refractivity contribution in [2.24, 2.45) is 0 Å². The molecule has 4 nitrogen and oxygen atoms in total. The molecule has 0 fully saturated rings. The van der Waals surface area contributed by atoms with Gasteiger partial charge in [0.2, 0.25) is 0 Å². The van der Waals surface area contributed by atoms with E-state index in [1.54, 1.807) is 13.8 Å². The lowest BCUT2D eigenvalue weighted by Crippen LogP contribution is -2.26. The predicted octanol–water partition coefficient (Wildman–Crippen LogP) is 2.95. The number of ketones is 1. The average molecular weight is 288 g/mol. The van der Waals surface area contributed by atoms with Crippen LogP contribution < -0.4 is 4.74 Å². The van der Waals surface area contributed by atoms with Crippen LogP contribution in [-0.2, 0) is 9.47 Å². The molecule has 0 heterocycles. The zero-order valence-electron chi connectivity index (χ0n) is 11.7. The standard InChI is InChI=1S/C14H18F2O4/c1-4-18-13(19-5-2)8-20-14-11(9(3)17)6-10(15)7-12(14)16/h6-7,13H,4-5,8H2,1-3H3. The molecule has 1 aromatic carbocycles. The van der Waals surface area contributed by atoms with Crippen LogP contribution in [0.15, 0.2) is 12.1 Å². The van der Waals surface area contributed by atoms with Crippen molar-refractivity contribution in [3.8, 4) is 5.75 Å². The van der Waals surface area contributed by atoms with Gasteiger partial charge < -0.3 is 14.2 Å². The van der Waals surface area contributed by atoms with E-state index < -0.39 is 23.7 Å². The van der Waals surface area contributed by atoms with Gasteiger partial charge in [-0.15, -0.1) is 0 Å². The number of carbonyl (C=O) groups is 1. The number of halogens is 2. The van der Waals surface area contributed by atoms with Gasteiger partial charge in [0.05, 0.1) is 5.56 Å². The zero-order valence-corrected chi connectivity index (χ0v) is 11.7. The molecule has 112 valence electrons. The Morgan fingerprint density at radius 1 is 1.20 bits per heavy atom. The van der Waals surface area contributed by atoms with Gasteiger partial charge in [0.15, 0.2) is 23.6 Å². The van der Waals surface area contributed by atoms with Crippen molar-refractivity contribution in [1.82, 2.24) is 0 Å². The van der Waals surface area contributed by atoms with Gasteiger partial charge in [0.1, 0.15) is 12.4 Å². The Balaban J connectivity index is 2.88. The van der Waals surface area contributed by atoms with E-state index in [1.165, 1.54) is 6.92 Å². The van der Waals surface area contributed by atoms with E-state index >= 15 is 0 Å². The summed E-state index contributed by atoms with van der Waals surface area (Å²) >= 11 is 0. The van der Waals surface area contributed by atoms with Crippen molar-refractivity contribution < 1.29 is 27.8 Å². The Labute approximate surface area is 116 Å². The number of ether oxygens (including phenoxy) is 3. The van der Waals surface area contributed by atoms with E-state index in [-0.39, 0.29) is 17.9 Å². The Hall–Kier alpha value is -1.53. The average Bonchev–Trinajstić information content (AvgIpc) is 2.37. The minimum absolute atomic E-state index is 0.0927. The maximum Gasteiger partial charge on any atom is 0.191 e. The molecule has 0 aliphatic rings. The quantitative estimate of drug-likeness (QED) is 0.545. The number of Topliss-reactive ketones (excluding diaryl/α,β-unsaturated/α-hetero) is 1. The second kappa shape index (κ2) is 7.91. The first-order valence-corrected chi connectivity index (χ1v) is 6.35. The first kappa shape index (κ1) is 16.5. The van der Waals surface area contributed by atoms with Gasteiger partial charge in [-0.2, -0.15) is 0 Å². The minimum atomic E-state index is -0.929. The highest BCUT2D eigenvalue weighted by molar-refractivity contribution is 5.96. The molecule has 0 radical (unpaired) electrons. The van der Waals surface area contributed by atoms with Gasteiger partial charge in [0, 0.05) is 19.3 Å². The summed E-state index contributed by atoms with van der Waals surface area (Å²) in [6.07, 6.45) is -0.672. The molecule has 0 saturated heterocycles. The summed E-state index contributed by atoms with van der Waals surface area (Å²) in [4.78, 5) is 11.4. The molecule has 0 N–H and O–H groups in total. The molecule has 0 unspecified atom stereocenters. The summed E-state index contributed by atoms with van der Waals surface area (Å²) in [7, 11) is 0. The topological polar surface area (TPSA) is 44.8 Å². The van der Waals surface area contributed by atoms with Crippen molar-refractivity contribution in [2.75, 3.05) is 19.8 Å². The first-order chi connectivity index (χ1) is 9.49. The van der Waals surface area contributed by atoms with E-state index in [2.05, 4.69) is 0 Å². The van der Waals surface area contributed by atoms with Gasteiger partial charge in [-0.25, -0.2) is 8.78 Å². The molecule has 1 rings (SSSR count). The molecule has 0 spiro atoms. The van der Waals surface area contributed by atoms with Crippen LogP contribution in [0.25, 0.3) is 0 Å². The maximum atomic E-state index is 13.7. The van der Waals surface area contributed by atoms with Crippen LogP contribution in [0.2, 0.25) is 0 Å². The van der Waals surface area contributed by atoms with Crippen LogP contribution in [0.1, 0.15) is 31.1 Å². The molecule has 0 saturated carbocycles. The summed E-state index contributed by atoms with van der Waals surface area (Å²) < 4.78 is 42.5. The van der Waals surface area contributed by atoms with Crippen molar-refractivity contribution in [2.45, 2.75) is 27.1 Å².